The molecule has 8 heteroatoms. The lowest BCUT2D eigenvalue weighted by atomic mass is 10.7. The van der Waals surface area contributed by atoms with E-state index < -0.39 is 18.5 Å². The molecule has 1 atom stereocenters. The molecule has 1 rings (SSSR count). The van der Waals surface area contributed by atoms with Crippen molar-refractivity contribution in [3.8, 4) is 0 Å². The molecule has 66 valence electrons. The van der Waals surface area contributed by atoms with Crippen molar-refractivity contribution < 1.29 is 35.8 Å². The number of epoxide rings is 1. The Labute approximate surface area is 55.7 Å². The number of rotatable bonds is 1. The molecule has 1 heterocycles. The van der Waals surface area contributed by atoms with Crippen molar-refractivity contribution in [1.82, 2.24) is 0 Å². The highest BCUT2D eigenvalue weighted by atomic mass is 19.4. The maximum absolute atomic E-state index is 11.9. The highest BCUT2D eigenvalue weighted by molar-refractivity contribution is 4.84. The monoisotopic (exact) mass is 182 g/mol. The standard InChI is InChI=1S/C3F6O2/c4-1(5)2(6,10-1)11-3(7,8)9. The molecule has 0 N–H and O–H groups in total. The summed E-state index contributed by atoms with van der Waals surface area (Å²) < 4.78 is 73.1. The summed E-state index contributed by atoms with van der Waals surface area (Å²) >= 11 is 0. The Morgan fingerprint density at radius 3 is 1.55 bits per heavy atom. The van der Waals surface area contributed by atoms with E-state index in [1.54, 1.807) is 0 Å². The highest BCUT2D eigenvalue weighted by Gasteiger charge is 2.82. The van der Waals surface area contributed by atoms with Gasteiger partial charge in [-0.15, -0.1) is 13.2 Å². The molecule has 0 radical (unpaired) electrons. The number of hydrogen-bond acceptors (Lipinski definition) is 2. The third-order valence-corrected chi connectivity index (χ3v) is 0.812. The summed E-state index contributed by atoms with van der Waals surface area (Å²) in [6.07, 6.45) is -9.98. The van der Waals surface area contributed by atoms with Crippen LogP contribution in [0.5, 0.6) is 0 Å². The first-order valence-corrected chi connectivity index (χ1v) is 2.20. The van der Waals surface area contributed by atoms with Crippen molar-refractivity contribution in [2.45, 2.75) is 18.5 Å². The van der Waals surface area contributed by atoms with Crippen molar-refractivity contribution in [2.75, 3.05) is 0 Å². The van der Waals surface area contributed by atoms with Gasteiger partial charge in [-0.05, 0) is 0 Å². The molecule has 1 aliphatic rings. The third kappa shape index (κ3) is 1.56. The molecule has 11 heavy (non-hydrogen) atoms. The lowest BCUT2D eigenvalue weighted by Gasteiger charge is -2.06. The van der Waals surface area contributed by atoms with Gasteiger partial charge in [0.05, 0.1) is 0 Å². The Kier molecular flexibility index (Phi) is 1.41. The van der Waals surface area contributed by atoms with E-state index in [2.05, 4.69) is 9.47 Å². The molecule has 2 nitrogen and oxygen atoms in total. The summed E-state index contributed by atoms with van der Waals surface area (Å²) in [4.78, 5) is 0. The quantitative estimate of drug-likeness (QED) is 0.455. The lowest BCUT2D eigenvalue weighted by molar-refractivity contribution is -0.392. The fourth-order valence-corrected chi connectivity index (χ4v) is 0.368. The van der Waals surface area contributed by atoms with Crippen molar-refractivity contribution in [1.29, 1.82) is 0 Å². The zero-order valence-corrected chi connectivity index (χ0v) is 4.58. The van der Waals surface area contributed by atoms with Crippen LogP contribution in [0.25, 0.3) is 0 Å². The van der Waals surface area contributed by atoms with Crippen LogP contribution >= 0.6 is 0 Å². The summed E-state index contributed by atoms with van der Waals surface area (Å²) in [6, 6.07) is -4.33. The Morgan fingerprint density at radius 1 is 1.09 bits per heavy atom. The SMILES string of the molecule is FC(F)(F)OC1(F)OC1(F)F. The predicted octanol–water partition coefficient (Wildman–Crippen LogP) is 1.77. The maximum atomic E-state index is 11.9. The zero-order chi connectivity index (χ0) is 8.91. The second-order valence-corrected chi connectivity index (χ2v) is 1.70. The highest BCUT2D eigenvalue weighted by Crippen LogP contribution is 2.54. The van der Waals surface area contributed by atoms with E-state index in [9.17, 15) is 26.3 Å². The smallest absolute Gasteiger partial charge is 0.245 e. The first-order valence-electron chi connectivity index (χ1n) is 2.20. The van der Waals surface area contributed by atoms with Crippen molar-refractivity contribution in [3.63, 3.8) is 0 Å². The second kappa shape index (κ2) is 1.81. The summed E-state index contributed by atoms with van der Waals surface area (Å²) in [5.74, 6) is 0. The van der Waals surface area contributed by atoms with Gasteiger partial charge in [-0.2, -0.15) is 13.2 Å². The number of hydrogen-bond donors (Lipinski definition) is 0. The molecular weight excluding hydrogens is 182 g/mol. The fraction of sp³-hybridized carbons (Fsp3) is 1.00. The van der Waals surface area contributed by atoms with E-state index in [4.69, 9.17) is 0 Å². The van der Waals surface area contributed by atoms with Gasteiger partial charge < -0.3 is 0 Å². The van der Waals surface area contributed by atoms with E-state index in [0.717, 1.165) is 0 Å². The molecule has 0 aromatic carbocycles. The number of alkyl halides is 6. The van der Waals surface area contributed by atoms with Crippen molar-refractivity contribution in [3.05, 3.63) is 0 Å². The van der Waals surface area contributed by atoms with E-state index in [-0.39, 0.29) is 0 Å². The van der Waals surface area contributed by atoms with Gasteiger partial charge in [0.2, 0.25) is 0 Å². The molecule has 0 aromatic rings. The minimum absolute atomic E-state index is 2.31. The normalized spacial score (nSPS) is 35.5. The van der Waals surface area contributed by atoms with Crippen LogP contribution in [0.3, 0.4) is 0 Å². The largest absolute Gasteiger partial charge is 0.527 e. The second-order valence-electron chi connectivity index (χ2n) is 1.70. The van der Waals surface area contributed by atoms with Gasteiger partial charge in [0, 0.05) is 0 Å². The Morgan fingerprint density at radius 2 is 1.45 bits per heavy atom. The third-order valence-electron chi connectivity index (χ3n) is 0.812. The fourth-order valence-electron chi connectivity index (χ4n) is 0.368. The summed E-state index contributed by atoms with van der Waals surface area (Å²) in [6.45, 7) is 0. The molecule has 1 fully saturated rings. The topological polar surface area (TPSA) is 21.8 Å². The molecule has 0 saturated carbocycles. The molecule has 1 unspecified atom stereocenters. The average Bonchev–Trinajstić information content (AvgIpc) is 1.96. The van der Waals surface area contributed by atoms with Crippen LogP contribution in [0.4, 0.5) is 26.3 Å². The first kappa shape index (κ1) is 8.60. The van der Waals surface area contributed by atoms with Crippen LogP contribution in [0.2, 0.25) is 0 Å². The molecule has 0 aromatic heterocycles. The van der Waals surface area contributed by atoms with Gasteiger partial charge >= 0.3 is 18.5 Å². The molecule has 0 aliphatic carbocycles. The van der Waals surface area contributed by atoms with Gasteiger partial charge in [0.1, 0.15) is 0 Å². The van der Waals surface area contributed by atoms with Crippen LogP contribution in [-0.4, -0.2) is 18.5 Å². The molecule has 0 bridgehead atoms. The molecule has 1 aliphatic heterocycles. The van der Waals surface area contributed by atoms with Gasteiger partial charge in [-0.25, -0.2) is 9.47 Å². The molecule has 0 amide bonds. The number of halogens is 6. The minimum Gasteiger partial charge on any atom is -0.245 e. The van der Waals surface area contributed by atoms with Gasteiger partial charge in [0.25, 0.3) is 0 Å². The minimum atomic E-state index is -5.48. The Hall–Kier alpha value is -0.500. The van der Waals surface area contributed by atoms with Crippen LogP contribution < -0.4 is 0 Å². The summed E-state index contributed by atoms with van der Waals surface area (Å²) in [5.41, 5.74) is 0. The molecule has 1 saturated heterocycles. The lowest BCUT2D eigenvalue weighted by Crippen LogP contribution is -2.26. The zero-order valence-electron chi connectivity index (χ0n) is 4.58. The van der Waals surface area contributed by atoms with Gasteiger partial charge in [-0.3, -0.25) is 0 Å². The Balaban J connectivity index is 2.54. The first-order chi connectivity index (χ1) is 4.66. The van der Waals surface area contributed by atoms with Gasteiger partial charge in [-0.1, -0.05) is 0 Å². The van der Waals surface area contributed by atoms with E-state index in [1.807, 2.05) is 0 Å². The van der Waals surface area contributed by atoms with E-state index >= 15 is 0 Å². The maximum Gasteiger partial charge on any atom is 0.527 e. The van der Waals surface area contributed by atoms with Crippen LogP contribution in [0.15, 0.2) is 0 Å². The molecule has 0 spiro atoms. The van der Waals surface area contributed by atoms with Crippen molar-refractivity contribution >= 4 is 0 Å². The molecular formula is C3F6O2. The van der Waals surface area contributed by atoms with Crippen LogP contribution in [0.1, 0.15) is 0 Å². The summed E-state index contributed by atoms with van der Waals surface area (Å²) in [7, 11) is 0. The van der Waals surface area contributed by atoms with Crippen LogP contribution in [0, 0.1) is 0 Å². The van der Waals surface area contributed by atoms with Crippen LogP contribution in [-0.2, 0) is 9.47 Å². The summed E-state index contributed by atoms with van der Waals surface area (Å²) in [5, 5.41) is 0. The average molecular weight is 182 g/mol. The van der Waals surface area contributed by atoms with E-state index in [1.165, 1.54) is 0 Å². The van der Waals surface area contributed by atoms with Gasteiger partial charge in [0.15, 0.2) is 0 Å². The predicted molar refractivity (Wildman–Crippen MR) is 17.0 cm³/mol. The van der Waals surface area contributed by atoms with E-state index in [0.29, 0.717) is 0 Å². The Bertz CT molecular complexity index is 175. The number of ether oxygens (including phenoxy) is 2. The van der Waals surface area contributed by atoms with Crippen molar-refractivity contribution in [2.24, 2.45) is 0 Å².